The van der Waals surface area contributed by atoms with Crippen LogP contribution in [-0.4, -0.2) is 54.8 Å². The highest BCUT2D eigenvalue weighted by atomic mass is 32.2. The zero-order chi connectivity index (χ0) is 12.0. The van der Waals surface area contributed by atoms with Crippen molar-refractivity contribution in [2.45, 2.75) is 44.0 Å². The summed E-state index contributed by atoms with van der Waals surface area (Å²) in [5.41, 5.74) is 6.15. The Hall–Kier alpha value is 0.230. The first-order chi connectivity index (χ1) is 7.65. The molecule has 0 amide bonds. The van der Waals surface area contributed by atoms with Gasteiger partial charge in [0.05, 0.1) is 0 Å². The third-order valence-corrected chi connectivity index (χ3v) is 4.74. The average Bonchev–Trinajstić information content (AvgIpc) is 2.25. The maximum absolute atomic E-state index is 6.15. The minimum Gasteiger partial charge on any atom is -0.385 e. The van der Waals surface area contributed by atoms with Crippen LogP contribution in [0.5, 0.6) is 0 Å². The average molecular weight is 246 g/mol. The molecule has 1 aliphatic rings. The van der Waals surface area contributed by atoms with Gasteiger partial charge in [-0.05, 0) is 19.8 Å². The van der Waals surface area contributed by atoms with Gasteiger partial charge in [-0.1, -0.05) is 6.92 Å². The third kappa shape index (κ3) is 4.62. The number of thioether (sulfide) groups is 1. The Morgan fingerprint density at radius 2 is 2.25 bits per heavy atom. The van der Waals surface area contributed by atoms with Crippen LogP contribution in [0.4, 0.5) is 0 Å². The Kier molecular flexibility index (Phi) is 6.73. The van der Waals surface area contributed by atoms with E-state index in [2.05, 4.69) is 30.5 Å². The van der Waals surface area contributed by atoms with E-state index in [1.807, 2.05) is 0 Å². The number of rotatable bonds is 6. The first-order valence-electron chi connectivity index (χ1n) is 6.25. The highest BCUT2D eigenvalue weighted by Gasteiger charge is 2.25. The molecule has 1 heterocycles. The zero-order valence-corrected chi connectivity index (χ0v) is 11.6. The molecule has 3 nitrogen and oxygen atoms in total. The van der Waals surface area contributed by atoms with Crippen LogP contribution >= 0.6 is 11.8 Å². The van der Waals surface area contributed by atoms with Crippen molar-refractivity contribution in [1.29, 1.82) is 0 Å². The minimum atomic E-state index is 0.299. The van der Waals surface area contributed by atoms with Crippen LogP contribution in [0.1, 0.15) is 26.7 Å². The zero-order valence-electron chi connectivity index (χ0n) is 10.8. The van der Waals surface area contributed by atoms with Crippen molar-refractivity contribution in [3.8, 4) is 0 Å². The summed E-state index contributed by atoms with van der Waals surface area (Å²) in [6, 6.07) is 0.958. The van der Waals surface area contributed by atoms with Crippen LogP contribution in [-0.2, 0) is 4.74 Å². The molecule has 1 saturated heterocycles. The monoisotopic (exact) mass is 246 g/mol. The Morgan fingerprint density at radius 3 is 2.94 bits per heavy atom. The Labute approximate surface area is 104 Å². The molecule has 96 valence electrons. The van der Waals surface area contributed by atoms with Crippen molar-refractivity contribution >= 4 is 11.8 Å². The van der Waals surface area contributed by atoms with Gasteiger partial charge in [-0.2, -0.15) is 11.8 Å². The summed E-state index contributed by atoms with van der Waals surface area (Å²) in [5, 5.41) is 0.736. The van der Waals surface area contributed by atoms with Crippen molar-refractivity contribution in [3.05, 3.63) is 0 Å². The fourth-order valence-corrected chi connectivity index (χ4v) is 3.30. The van der Waals surface area contributed by atoms with E-state index in [-0.39, 0.29) is 0 Å². The van der Waals surface area contributed by atoms with E-state index >= 15 is 0 Å². The molecule has 0 aromatic rings. The van der Waals surface area contributed by atoms with Crippen LogP contribution in [0.15, 0.2) is 0 Å². The van der Waals surface area contributed by atoms with Crippen molar-refractivity contribution < 1.29 is 4.74 Å². The molecular formula is C12H26N2OS. The molecular weight excluding hydrogens is 220 g/mol. The van der Waals surface area contributed by atoms with E-state index in [1.54, 1.807) is 7.11 Å². The number of hydrogen-bond acceptors (Lipinski definition) is 4. The Morgan fingerprint density at radius 1 is 1.50 bits per heavy atom. The van der Waals surface area contributed by atoms with Gasteiger partial charge in [-0.25, -0.2) is 0 Å². The number of ether oxygens (including phenoxy) is 1. The second-order valence-electron chi connectivity index (χ2n) is 4.71. The fourth-order valence-electron chi connectivity index (χ4n) is 2.14. The van der Waals surface area contributed by atoms with Crippen LogP contribution in [0.25, 0.3) is 0 Å². The van der Waals surface area contributed by atoms with E-state index in [0.717, 1.165) is 31.2 Å². The predicted octanol–water partition coefficient (Wildman–Crippen LogP) is 1.57. The van der Waals surface area contributed by atoms with Crippen LogP contribution in [0, 0.1) is 0 Å². The summed E-state index contributed by atoms with van der Waals surface area (Å²) in [5.74, 6) is 1.25. The highest BCUT2D eigenvalue weighted by molar-refractivity contribution is 8.00. The van der Waals surface area contributed by atoms with Crippen LogP contribution in [0.2, 0.25) is 0 Å². The SMILES string of the molecule is COCCCC(N)CN1CCSC(C)C1C. The summed E-state index contributed by atoms with van der Waals surface area (Å²) in [7, 11) is 1.75. The molecule has 1 fully saturated rings. The quantitative estimate of drug-likeness (QED) is 0.722. The molecule has 4 heteroatoms. The lowest BCUT2D eigenvalue weighted by molar-refractivity contribution is 0.174. The lowest BCUT2D eigenvalue weighted by atomic mass is 10.1. The maximum Gasteiger partial charge on any atom is 0.0462 e. The Bertz CT molecular complexity index is 192. The fraction of sp³-hybridized carbons (Fsp3) is 1.00. The smallest absolute Gasteiger partial charge is 0.0462 e. The normalized spacial score (nSPS) is 29.2. The summed E-state index contributed by atoms with van der Waals surface area (Å²) >= 11 is 2.08. The molecule has 0 aromatic carbocycles. The Balaban J connectivity index is 2.23. The van der Waals surface area contributed by atoms with Gasteiger partial charge in [0, 0.05) is 49.9 Å². The van der Waals surface area contributed by atoms with E-state index in [9.17, 15) is 0 Å². The molecule has 0 saturated carbocycles. The van der Waals surface area contributed by atoms with Gasteiger partial charge >= 0.3 is 0 Å². The van der Waals surface area contributed by atoms with Gasteiger partial charge in [0.25, 0.3) is 0 Å². The van der Waals surface area contributed by atoms with E-state index in [4.69, 9.17) is 10.5 Å². The van der Waals surface area contributed by atoms with Crippen molar-refractivity contribution in [1.82, 2.24) is 4.90 Å². The standard InChI is InChI=1S/C12H26N2OS/c1-10-11(2)16-8-6-14(10)9-12(13)5-4-7-15-3/h10-12H,4-9,13H2,1-3H3. The molecule has 0 spiro atoms. The molecule has 0 aliphatic carbocycles. The second-order valence-corrected chi connectivity index (χ2v) is 6.19. The largest absolute Gasteiger partial charge is 0.385 e. The van der Waals surface area contributed by atoms with E-state index < -0.39 is 0 Å². The van der Waals surface area contributed by atoms with Crippen molar-refractivity contribution in [2.75, 3.05) is 32.6 Å². The minimum absolute atomic E-state index is 0.299. The number of methoxy groups -OCH3 is 1. The van der Waals surface area contributed by atoms with Gasteiger partial charge < -0.3 is 10.5 Å². The molecule has 0 radical (unpaired) electrons. The first-order valence-corrected chi connectivity index (χ1v) is 7.30. The molecule has 3 atom stereocenters. The van der Waals surface area contributed by atoms with Crippen molar-refractivity contribution in [2.24, 2.45) is 5.73 Å². The summed E-state index contributed by atoms with van der Waals surface area (Å²) in [4.78, 5) is 2.54. The van der Waals surface area contributed by atoms with Gasteiger partial charge in [0.15, 0.2) is 0 Å². The lowest BCUT2D eigenvalue weighted by Crippen LogP contribution is -2.49. The topological polar surface area (TPSA) is 38.5 Å². The van der Waals surface area contributed by atoms with Crippen molar-refractivity contribution in [3.63, 3.8) is 0 Å². The summed E-state index contributed by atoms with van der Waals surface area (Å²) in [6.07, 6.45) is 2.14. The molecule has 3 unspecified atom stereocenters. The maximum atomic E-state index is 6.15. The summed E-state index contributed by atoms with van der Waals surface area (Å²) in [6.45, 7) is 7.69. The lowest BCUT2D eigenvalue weighted by Gasteiger charge is -2.38. The second kappa shape index (κ2) is 7.54. The van der Waals surface area contributed by atoms with E-state index in [1.165, 1.54) is 12.3 Å². The third-order valence-electron chi connectivity index (χ3n) is 3.41. The number of hydrogen-bond donors (Lipinski definition) is 1. The van der Waals surface area contributed by atoms with Crippen LogP contribution in [0.3, 0.4) is 0 Å². The van der Waals surface area contributed by atoms with Gasteiger partial charge in [0.2, 0.25) is 0 Å². The van der Waals surface area contributed by atoms with Gasteiger partial charge in [0.1, 0.15) is 0 Å². The van der Waals surface area contributed by atoms with E-state index in [0.29, 0.717) is 12.1 Å². The number of nitrogens with two attached hydrogens (primary N) is 1. The molecule has 1 aliphatic heterocycles. The summed E-state index contributed by atoms with van der Waals surface area (Å²) < 4.78 is 5.05. The predicted molar refractivity (Wildman–Crippen MR) is 72.0 cm³/mol. The molecule has 16 heavy (non-hydrogen) atoms. The van der Waals surface area contributed by atoms with Gasteiger partial charge in [-0.3, -0.25) is 4.90 Å². The van der Waals surface area contributed by atoms with Gasteiger partial charge in [-0.15, -0.1) is 0 Å². The molecule has 0 bridgehead atoms. The highest BCUT2D eigenvalue weighted by Crippen LogP contribution is 2.24. The first kappa shape index (κ1) is 14.3. The van der Waals surface area contributed by atoms with Crippen LogP contribution < -0.4 is 5.73 Å². The molecule has 0 aromatic heterocycles. The number of nitrogens with zero attached hydrogens (tertiary/aromatic N) is 1. The molecule has 1 rings (SSSR count). The molecule has 2 N–H and O–H groups in total.